The molecule has 4 aliphatic rings. The summed E-state index contributed by atoms with van der Waals surface area (Å²) >= 11 is 0. The summed E-state index contributed by atoms with van der Waals surface area (Å²) in [5.41, 5.74) is -1.05. The zero-order chi connectivity index (χ0) is 16.7. The molecule has 2 bridgehead atoms. The average molecular weight is 320 g/mol. The predicted octanol–water partition coefficient (Wildman–Crippen LogP) is 3.32. The lowest BCUT2D eigenvalue weighted by Crippen LogP contribution is -2.61. The highest BCUT2D eigenvalue weighted by atomic mass is 16.3. The molecule has 0 radical (unpaired) electrons. The van der Waals surface area contributed by atoms with Crippen LogP contribution >= 0.6 is 0 Å². The highest BCUT2D eigenvalue weighted by Crippen LogP contribution is 2.72. The molecule has 4 rings (SSSR count). The van der Waals surface area contributed by atoms with E-state index in [1.807, 2.05) is 6.92 Å². The molecule has 0 amide bonds. The summed E-state index contributed by atoms with van der Waals surface area (Å²) in [5.74, 6) is 0.688. The molecule has 0 aliphatic heterocycles. The van der Waals surface area contributed by atoms with Crippen LogP contribution in [0.25, 0.3) is 0 Å². The van der Waals surface area contributed by atoms with Crippen molar-refractivity contribution in [1.29, 1.82) is 0 Å². The number of aldehydes is 1. The van der Waals surface area contributed by atoms with E-state index in [-0.39, 0.29) is 28.1 Å². The van der Waals surface area contributed by atoms with Gasteiger partial charge >= 0.3 is 0 Å². The van der Waals surface area contributed by atoms with Crippen LogP contribution in [0.3, 0.4) is 0 Å². The van der Waals surface area contributed by atoms with Crippen LogP contribution in [-0.4, -0.2) is 28.2 Å². The molecule has 7 atom stereocenters. The van der Waals surface area contributed by atoms with Gasteiger partial charge in [0.2, 0.25) is 0 Å². The van der Waals surface area contributed by atoms with E-state index < -0.39 is 11.7 Å². The van der Waals surface area contributed by atoms with Gasteiger partial charge in [0.25, 0.3) is 0 Å². The highest BCUT2D eigenvalue weighted by Gasteiger charge is 2.71. The molecule has 2 N–H and O–H groups in total. The predicted molar refractivity (Wildman–Crippen MR) is 88.7 cm³/mol. The Kier molecular flexibility index (Phi) is 3.22. The fourth-order valence-electron chi connectivity index (χ4n) is 7.93. The van der Waals surface area contributed by atoms with Crippen LogP contribution in [0.1, 0.15) is 72.1 Å². The summed E-state index contributed by atoms with van der Waals surface area (Å²) < 4.78 is 0. The Balaban J connectivity index is 1.81. The van der Waals surface area contributed by atoms with Gasteiger partial charge in [0.05, 0.1) is 11.7 Å². The first-order chi connectivity index (χ1) is 10.7. The second kappa shape index (κ2) is 4.60. The van der Waals surface area contributed by atoms with Crippen molar-refractivity contribution < 1.29 is 15.0 Å². The molecule has 0 heterocycles. The van der Waals surface area contributed by atoms with Gasteiger partial charge in [-0.25, -0.2) is 0 Å². The Bertz CT molecular complexity index is 525. The maximum Gasteiger partial charge on any atom is 0.126 e. The van der Waals surface area contributed by atoms with Crippen LogP contribution in [0, 0.1) is 34.0 Å². The minimum atomic E-state index is -0.769. The SMILES string of the molecule is CC1(C)CCC[C@]2(C=O)[C@@H]1CC[C@]13C[C@](C)(O)[C@H](CC[C@H]12)C3O. The molecule has 130 valence electrons. The van der Waals surface area contributed by atoms with Crippen molar-refractivity contribution in [3.63, 3.8) is 0 Å². The minimum Gasteiger partial charge on any atom is -0.392 e. The van der Waals surface area contributed by atoms with E-state index in [1.54, 1.807) is 0 Å². The lowest BCUT2D eigenvalue weighted by Gasteiger charge is -2.63. The molecule has 4 saturated carbocycles. The Morgan fingerprint density at radius 2 is 1.74 bits per heavy atom. The van der Waals surface area contributed by atoms with E-state index in [1.165, 1.54) is 12.7 Å². The van der Waals surface area contributed by atoms with E-state index in [4.69, 9.17) is 0 Å². The van der Waals surface area contributed by atoms with Gasteiger partial charge < -0.3 is 15.0 Å². The third-order valence-corrected chi connectivity index (χ3v) is 8.71. The van der Waals surface area contributed by atoms with Crippen molar-refractivity contribution in [3.8, 4) is 0 Å². The molecule has 23 heavy (non-hydrogen) atoms. The van der Waals surface area contributed by atoms with Crippen molar-refractivity contribution in [1.82, 2.24) is 0 Å². The fraction of sp³-hybridized carbons (Fsp3) is 0.950. The number of aliphatic hydroxyl groups excluding tert-OH is 1. The van der Waals surface area contributed by atoms with Gasteiger partial charge in [-0.1, -0.05) is 20.3 Å². The number of aliphatic hydroxyl groups is 2. The smallest absolute Gasteiger partial charge is 0.126 e. The van der Waals surface area contributed by atoms with E-state index in [0.29, 0.717) is 12.3 Å². The molecule has 0 aromatic carbocycles. The van der Waals surface area contributed by atoms with E-state index in [2.05, 4.69) is 13.8 Å². The van der Waals surface area contributed by atoms with E-state index in [0.717, 1.165) is 38.5 Å². The number of hydrogen-bond acceptors (Lipinski definition) is 3. The van der Waals surface area contributed by atoms with Gasteiger partial charge in [-0.15, -0.1) is 0 Å². The summed E-state index contributed by atoms with van der Waals surface area (Å²) in [6.45, 7) is 6.57. The molecule has 4 fully saturated rings. The molecule has 3 nitrogen and oxygen atoms in total. The Morgan fingerprint density at radius 3 is 2.43 bits per heavy atom. The maximum atomic E-state index is 12.5. The average Bonchev–Trinajstić information content (AvgIpc) is 2.58. The summed E-state index contributed by atoms with van der Waals surface area (Å²) in [6.07, 6.45) is 8.71. The van der Waals surface area contributed by atoms with Crippen LogP contribution in [-0.2, 0) is 4.79 Å². The third-order valence-electron chi connectivity index (χ3n) is 8.71. The molecular formula is C20H32O3. The van der Waals surface area contributed by atoms with E-state index >= 15 is 0 Å². The van der Waals surface area contributed by atoms with Crippen molar-refractivity contribution in [2.45, 2.75) is 83.8 Å². The normalized spacial score (nSPS) is 57.4. The van der Waals surface area contributed by atoms with Crippen molar-refractivity contribution in [3.05, 3.63) is 0 Å². The van der Waals surface area contributed by atoms with Crippen LogP contribution in [0.5, 0.6) is 0 Å². The topological polar surface area (TPSA) is 57.5 Å². The molecular weight excluding hydrogens is 288 g/mol. The molecule has 1 unspecified atom stereocenters. The van der Waals surface area contributed by atoms with Crippen LogP contribution < -0.4 is 0 Å². The number of hydrogen-bond donors (Lipinski definition) is 2. The van der Waals surface area contributed by atoms with Crippen molar-refractivity contribution >= 4 is 6.29 Å². The van der Waals surface area contributed by atoms with Gasteiger partial charge in [-0.3, -0.25) is 0 Å². The summed E-state index contributed by atoms with van der Waals surface area (Å²) in [5, 5.41) is 22.0. The molecule has 0 aromatic heterocycles. The third kappa shape index (κ3) is 1.81. The molecule has 3 heteroatoms. The largest absolute Gasteiger partial charge is 0.392 e. The minimum absolute atomic E-state index is 0.00407. The molecule has 1 spiro atoms. The second-order valence-electron chi connectivity index (χ2n) is 10.1. The van der Waals surface area contributed by atoms with Gasteiger partial charge in [0.15, 0.2) is 0 Å². The van der Waals surface area contributed by atoms with E-state index in [9.17, 15) is 15.0 Å². The maximum absolute atomic E-state index is 12.5. The quantitative estimate of drug-likeness (QED) is 0.729. The first-order valence-electron chi connectivity index (χ1n) is 9.56. The summed E-state index contributed by atoms with van der Waals surface area (Å²) in [6, 6.07) is 0. The lowest BCUT2D eigenvalue weighted by atomic mass is 9.40. The summed E-state index contributed by atoms with van der Waals surface area (Å²) in [4.78, 5) is 12.5. The molecule has 4 aliphatic carbocycles. The number of rotatable bonds is 1. The number of carbonyl (C=O) groups excluding carboxylic acids is 1. The molecule has 0 aromatic rings. The first-order valence-corrected chi connectivity index (χ1v) is 9.56. The van der Waals surface area contributed by atoms with Gasteiger partial charge in [-0.05, 0) is 69.1 Å². The van der Waals surface area contributed by atoms with Crippen molar-refractivity contribution in [2.75, 3.05) is 0 Å². The lowest BCUT2D eigenvalue weighted by molar-refractivity contribution is -0.186. The Morgan fingerprint density at radius 1 is 1.00 bits per heavy atom. The number of carbonyl (C=O) groups is 1. The molecule has 0 saturated heterocycles. The Hall–Kier alpha value is -0.410. The fourth-order valence-corrected chi connectivity index (χ4v) is 7.93. The highest BCUT2D eigenvalue weighted by molar-refractivity contribution is 5.62. The Labute approximate surface area is 139 Å². The van der Waals surface area contributed by atoms with Crippen molar-refractivity contribution in [2.24, 2.45) is 34.0 Å². The standard InChI is InChI=1S/C20H32O3/c1-17(2)8-4-9-20(12-21)14(17)7-10-19-11-18(3,23)13(16(19)22)5-6-15(19)20/h12-16,22-23H,4-11H2,1-3H3/t13-,14-,15-,16?,18+,19+,20+/m1/s1. The summed E-state index contributed by atoms with van der Waals surface area (Å²) in [7, 11) is 0. The second-order valence-corrected chi connectivity index (χ2v) is 10.1. The monoisotopic (exact) mass is 320 g/mol. The van der Waals surface area contributed by atoms with Gasteiger partial charge in [0.1, 0.15) is 6.29 Å². The zero-order valence-electron chi connectivity index (χ0n) is 14.8. The van der Waals surface area contributed by atoms with Crippen LogP contribution in [0.2, 0.25) is 0 Å². The van der Waals surface area contributed by atoms with Gasteiger partial charge in [-0.2, -0.15) is 0 Å². The first kappa shape index (κ1) is 16.1. The van der Waals surface area contributed by atoms with Crippen LogP contribution in [0.15, 0.2) is 0 Å². The number of fused-ring (bicyclic) bond motifs is 3. The zero-order valence-corrected chi connectivity index (χ0v) is 14.8. The van der Waals surface area contributed by atoms with Gasteiger partial charge in [0, 0.05) is 16.7 Å². The van der Waals surface area contributed by atoms with Crippen LogP contribution in [0.4, 0.5) is 0 Å².